The highest BCUT2D eigenvalue weighted by molar-refractivity contribution is 14.1. The van der Waals surface area contributed by atoms with E-state index in [4.69, 9.17) is 11.6 Å². The number of nitrogens with zero attached hydrogens (tertiary/aromatic N) is 2. The van der Waals surface area contributed by atoms with Crippen molar-refractivity contribution >= 4 is 61.7 Å². The third-order valence-corrected chi connectivity index (χ3v) is 8.83. The van der Waals surface area contributed by atoms with Crippen molar-refractivity contribution < 1.29 is 18.0 Å². The van der Waals surface area contributed by atoms with E-state index in [0.29, 0.717) is 29.2 Å². The van der Waals surface area contributed by atoms with Crippen LogP contribution in [0.5, 0.6) is 0 Å². The Morgan fingerprint density at radius 2 is 1.58 bits per heavy atom. The Balaban J connectivity index is 2.04. The Labute approximate surface area is 243 Å². The number of carbonyl (C=O) groups excluding carboxylic acids is 2. The highest BCUT2D eigenvalue weighted by Gasteiger charge is 2.33. The molecule has 0 aliphatic heterocycles. The van der Waals surface area contributed by atoms with Crippen LogP contribution in [0.25, 0.3) is 0 Å². The molecular formula is C28H31ClIN3O4S. The standard InChI is InChI=1S/C28H31ClIN3O4S/c1-3-18-31-28(35)26(4-2)32(19-21-10-8-9-13-25(21)29)27(34)20-33(23-16-14-22(30)15-17-23)38(36,37)24-11-6-5-7-12-24/h5-17,26H,3-4,18-20H2,1-2H3,(H,31,35)/t26-/m0/s1. The first-order valence-electron chi connectivity index (χ1n) is 12.3. The number of benzene rings is 3. The van der Waals surface area contributed by atoms with Crippen LogP contribution < -0.4 is 9.62 Å². The van der Waals surface area contributed by atoms with Gasteiger partial charge in [-0.2, -0.15) is 0 Å². The normalized spacial score (nSPS) is 12.0. The molecule has 0 bridgehead atoms. The van der Waals surface area contributed by atoms with Crippen LogP contribution in [0.2, 0.25) is 5.02 Å². The lowest BCUT2D eigenvalue weighted by Gasteiger charge is -2.33. The molecule has 3 rings (SSSR count). The molecule has 7 nitrogen and oxygen atoms in total. The van der Waals surface area contributed by atoms with Crippen LogP contribution in [-0.4, -0.2) is 44.3 Å². The molecule has 202 valence electrons. The molecule has 0 aromatic heterocycles. The van der Waals surface area contributed by atoms with Crippen LogP contribution in [0.1, 0.15) is 32.3 Å². The summed E-state index contributed by atoms with van der Waals surface area (Å²) in [6, 6.07) is 21.2. The molecule has 0 aliphatic rings. The minimum Gasteiger partial charge on any atom is -0.354 e. The van der Waals surface area contributed by atoms with Crippen molar-refractivity contribution in [3.05, 3.63) is 93.0 Å². The van der Waals surface area contributed by atoms with Crippen LogP contribution in [0.3, 0.4) is 0 Å². The molecule has 0 radical (unpaired) electrons. The predicted octanol–water partition coefficient (Wildman–Crippen LogP) is 5.47. The van der Waals surface area contributed by atoms with Gasteiger partial charge in [-0.3, -0.25) is 13.9 Å². The Bertz CT molecular complexity index is 1340. The van der Waals surface area contributed by atoms with E-state index in [1.165, 1.54) is 17.0 Å². The summed E-state index contributed by atoms with van der Waals surface area (Å²) >= 11 is 8.54. The monoisotopic (exact) mass is 667 g/mol. The molecule has 0 spiro atoms. The van der Waals surface area contributed by atoms with E-state index in [2.05, 4.69) is 27.9 Å². The van der Waals surface area contributed by atoms with Crippen molar-refractivity contribution in [1.82, 2.24) is 10.2 Å². The molecule has 1 atom stereocenters. The van der Waals surface area contributed by atoms with Gasteiger partial charge < -0.3 is 10.2 Å². The maximum Gasteiger partial charge on any atom is 0.264 e. The summed E-state index contributed by atoms with van der Waals surface area (Å²) in [5, 5.41) is 3.33. The van der Waals surface area contributed by atoms with Gasteiger partial charge in [-0.1, -0.05) is 61.8 Å². The summed E-state index contributed by atoms with van der Waals surface area (Å²) in [6.07, 6.45) is 1.09. The molecule has 10 heteroatoms. The topological polar surface area (TPSA) is 86.8 Å². The number of hydrogen-bond acceptors (Lipinski definition) is 4. The highest BCUT2D eigenvalue weighted by atomic mass is 127. The predicted molar refractivity (Wildman–Crippen MR) is 160 cm³/mol. The molecule has 0 heterocycles. The van der Waals surface area contributed by atoms with E-state index < -0.39 is 28.5 Å². The van der Waals surface area contributed by atoms with E-state index in [1.54, 1.807) is 66.7 Å². The number of halogens is 2. The number of rotatable bonds is 12. The van der Waals surface area contributed by atoms with Gasteiger partial charge in [-0.25, -0.2) is 8.42 Å². The minimum atomic E-state index is -4.09. The first-order chi connectivity index (χ1) is 18.2. The van der Waals surface area contributed by atoms with Crippen molar-refractivity contribution in [3.63, 3.8) is 0 Å². The summed E-state index contributed by atoms with van der Waals surface area (Å²) in [7, 11) is -4.09. The molecule has 38 heavy (non-hydrogen) atoms. The van der Waals surface area contributed by atoms with Gasteiger partial charge in [0.25, 0.3) is 10.0 Å². The maximum absolute atomic E-state index is 14.0. The fourth-order valence-electron chi connectivity index (χ4n) is 3.95. The van der Waals surface area contributed by atoms with Gasteiger partial charge in [-0.15, -0.1) is 0 Å². The zero-order valence-corrected chi connectivity index (χ0v) is 25.0. The average molecular weight is 668 g/mol. The molecule has 0 unspecified atom stereocenters. The molecule has 3 aromatic carbocycles. The highest BCUT2D eigenvalue weighted by Crippen LogP contribution is 2.26. The van der Waals surface area contributed by atoms with Gasteiger partial charge in [0.2, 0.25) is 11.8 Å². The number of amides is 2. The van der Waals surface area contributed by atoms with E-state index in [9.17, 15) is 18.0 Å². The fraction of sp³-hybridized carbons (Fsp3) is 0.286. The molecule has 2 amide bonds. The number of anilines is 1. The molecular weight excluding hydrogens is 637 g/mol. The zero-order valence-electron chi connectivity index (χ0n) is 21.3. The van der Waals surface area contributed by atoms with Crippen molar-refractivity contribution in [2.75, 3.05) is 17.4 Å². The van der Waals surface area contributed by atoms with Gasteiger partial charge in [-0.05, 0) is 83.5 Å². The van der Waals surface area contributed by atoms with Crippen LogP contribution in [0, 0.1) is 3.57 Å². The van der Waals surface area contributed by atoms with Gasteiger partial charge in [0.15, 0.2) is 0 Å². The largest absolute Gasteiger partial charge is 0.354 e. The third kappa shape index (κ3) is 7.48. The van der Waals surface area contributed by atoms with Crippen LogP contribution in [0.15, 0.2) is 83.8 Å². The molecule has 0 fully saturated rings. The second-order valence-corrected chi connectivity index (χ2v) is 12.1. The molecule has 1 N–H and O–H groups in total. The zero-order chi connectivity index (χ0) is 27.7. The lowest BCUT2D eigenvalue weighted by Crippen LogP contribution is -2.52. The second kappa shape index (κ2) is 14.0. The van der Waals surface area contributed by atoms with Crippen molar-refractivity contribution in [3.8, 4) is 0 Å². The molecule has 3 aromatic rings. The number of carbonyl (C=O) groups is 2. The van der Waals surface area contributed by atoms with E-state index in [1.807, 2.05) is 13.8 Å². The lowest BCUT2D eigenvalue weighted by atomic mass is 10.1. The lowest BCUT2D eigenvalue weighted by molar-refractivity contribution is -0.140. The van der Waals surface area contributed by atoms with Crippen molar-refractivity contribution in [1.29, 1.82) is 0 Å². The number of nitrogens with one attached hydrogen (secondary N) is 1. The third-order valence-electron chi connectivity index (χ3n) is 5.96. The van der Waals surface area contributed by atoms with E-state index in [0.717, 1.165) is 14.3 Å². The van der Waals surface area contributed by atoms with E-state index >= 15 is 0 Å². The van der Waals surface area contributed by atoms with Gasteiger partial charge in [0.1, 0.15) is 12.6 Å². The molecule has 0 saturated carbocycles. The SMILES string of the molecule is CCCNC(=O)[C@H](CC)N(Cc1ccccc1Cl)C(=O)CN(c1ccc(I)cc1)S(=O)(=O)c1ccccc1. The Morgan fingerprint density at radius 3 is 2.18 bits per heavy atom. The number of sulfonamides is 1. The Hall–Kier alpha value is -2.63. The van der Waals surface area contributed by atoms with Crippen LogP contribution >= 0.6 is 34.2 Å². The summed E-state index contributed by atoms with van der Waals surface area (Å²) in [6.45, 7) is 3.81. The first kappa shape index (κ1) is 29.9. The Kier molecular flexibility index (Phi) is 11.0. The van der Waals surface area contributed by atoms with Crippen molar-refractivity contribution in [2.24, 2.45) is 0 Å². The molecule has 0 aliphatic carbocycles. The summed E-state index contributed by atoms with van der Waals surface area (Å²) < 4.78 is 29.5. The summed E-state index contributed by atoms with van der Waals surface area (Å²) in [4.78, 5) is 28.5. The van der Waals surface area contributed by atoms with Crippen LogP contribution in [0.4, 0.5) is 5.69 Å². The fourth-order valence-corrected chi connectivity index (χ4v) is 5.94. The molecule has 0 saturated heterocycles. The van der Waals surface area contributed by atoms with Gasteiger partial charge in [0, 0.05) is 21.7 Å². The summed E-state index contributed by atoms with van der Waals surface area (Å²) in [5.74, 6) is -0.803. The average Bonchev–Trinajstić information content (AvgIpc) is 2.92. The minimum absolute atomic E-state index is 0.0580. The second-order valence-electron chi connectivity index (χ2n) is 8.63. The first-order valence-corrected chi connectivity index (χ1v) is 15.2. The van der Waals surface area contributed by atoms with Gasteiger partial charge >= 0.3 is 0 Å². The smallest absolute Gasteiger partial charge is 0.264 e. The quantitative estimate of drug-likeness (QED) is 0.260. The van der Waals surface area contributed by atoms with Gasteiger partial charge in [0.05, 0.1) is 10.6 Å². The van der Waals surface area contributed by atoms with Crippen molar-refractivity contribution in [2.45, 2.75) is 44.2 Å². The van der Waals surface area contributed by atoms with Crippen LogP contribution in [-0.2, 0) is 26.2 Å². The number of hydrogen-bond donors (Lipinski definition) is 1. The summed E-state index contributed by atoms with van der Waals surface area (Å²) in [5.41, 5.74) is 1.01. The maximum atomic E-state index is 14.0. The Morgan fingerprint density at radius 1 is 0.947 bits per heavy atom. The van der Waals surface area contributed by atoms with E-state index in [-0.39, 0.29) is 17.3 Å².